The van der Waals surface area contributed by atoms with E-state index < -0.39 is 18.6 Å². The van der Waals surface area contributed by atoms with E-state index in [0.717, 1.165) is 11.1 Å². The number of halogens is 2. The van der Waals surface area contributed by atoms with Gasteiger partial charge in [-0.2, -0.15) is 0 Å². The maximum atomic E-state index is 12.3. The summed E-state index contributed by atoms with van der Waals surface area (Å²) >= 11 is 0. The standard InChI is InChI=1S/C18H26F2N2O3/c1-11(2)16(23)22-18(4,5)17(24)21-9-13-6-7-14(8-12(13)3)25-10-15(19)20/h6-8,11,15H,9-10H2,1-5H3,(H,21,24)(H,22,23). The number of carbonyl (C=O) groups excluding carboxylic acids is 2. The Morgan fingerprint density at radius 2 is 1.88 bits per heavy atom. The highest BCUT2D eigenvalue weighted by Gasteiger charge is 2.29. The smallest absolute Gasteiger partial charge is 0.272 e. The molecule has 0 unspecified atom stereocenters. The van der Waals surface area contributed by atoms with E-state index in [2.05, 4.69) is 10.6 Å². The largest absolute Gasteiger partial charge is 0.488 e. The van der Waals surface area contributed by atoms with Gasteiger partial charge >= 0.3 is 0 Å². The SMILES string of the molecule is Cc1cc(OCC(F)F)ccc1CNC(=O)C(C)(C)NC(=O)C(C)C. The molecular weight excluding hydrogens is 330 g/mol. The highest BCUT2D eigenvalue weighted by Crippen LogP contribution is 2.18. The molecule has 0 saturated heterocycles. The molecule has 25 heavy (non-hydrogen) atoms. The molecule has 2 N–H and O–H groups in total. The van der Waals surface area contributed by atoms with Gasteiger partial charge in [-0.3, -0.25) is 9.59 Å². The number of carbonyl (C=O) groups is 2. The molecule has 0 atom stereocenters. The van der Waals surface area contributed by atoms with Gasteiger partial charge in [0.25, 0.3) is 6.43 Å². The Labute approximate surface area is 147 Å². The first-order valence-electron chi connectivity index (χ1n) is 8.13. The predicted octanol–water partition coefficient (Wildman–Crippen LogP) is 2.81. The molecule has 5 nitrogen and oxygen atoms in total. The summed E-state index contributed by atoms with van der Waals surface area (Å²) in [4.78, 5) is 24.1. The van der Waals surface area contributed by atoms with Crippen molar-refractivity contribution in [3.63, 3.8) is 0 Å². The Hall–Kier alpha value is -2.18. The fourth-order valence-corrected chi connectivity index (χ4v) is 2.02. The van der Waals surface area contributed by atoms with Crippen molar-refractivity contribution in [3.8, 4) is 5.75 Å². The molecule has 0 bridgehead atoms. The third-order valence-corrected chi connectivity index (χ3v) is 3.66. The lowest BCUT2D eigenvalue weighted by Gasteiger charge is -2.26. The summed E-state index contributed by atoms with van der Waals surface area (Å²) in [5.41, 5.74) is 0.620. The van der Waals surface area contributed by atoms with Gasteiger partial charge in [0.05, 0.1) is 0 Å². The van der Waals surface area contributed by atoms with Crippen LogP contribution < -0.4 is 15.4 Å². The van der Waals surface area contributed by atoms with Crippen LogP contribution >= 0.6 is 0 Å². The summed E-state index contributed by atoms with van der Waals surface area (Å²) in [5, 5.41) is 5.48. The molecule has 0 aliphatic carbocycles. The molecule has 0 spiro atoms. The van der Waals surface area contributed by atoms with Crippen molar-refractivity contribution in [3.05, 3.63) is 29.3 Å². The van der Waals surface area contributed by atoms with Gasteiger partial charge in [0.15, 0.2) is 0 Å². The highest BCUT2D eigenvalue weighted by molar-refractivity contribution is 5.91. The maximum Gasteiger partial charge on any atom is 0.272 e. The molecule has 7 heteroatoms. The van der Waals surface area contributed by atoms with Gasteiger partial charge in [0.2, 0.25) is 11.8 Å². The average molecular weight is 356 g/mol. The van der Waals surface area contributed by atoms with E-state index in [-0.39, 0.29) is 24.3 Å². The number of ether oxygens (including phenoxy) is 1. The zero-order valence-corrected chi connectivity index (χ0v) is 15.3. The van der Waals surface area contributed by atoms with E-state index in [0.29, 0.717) is 5.75 Å². The van der Waals surface area contributed by atoms with E-state index in [4.69, 9.17) is 4.74 Å². The van der Waals surface area contributed by atoms with Crippen LogP contribution in [0.15, 0.2) is 18.2 Å². The van der Waals surface area contributed by atoms with Crippen LogP contribution in [0.2, 0.25) is 0 Å². The van der Waals surface area contributed by atoms with Gasteiger partial charge in [-0.05, 0) is 44.0 Å². The van der Waals surface area contributed by atoms with Gasteiger partial charge in [-0.1, -0.05) is 19.9 Å². The molecule has 0 radical (unpaired) electrons. The lowest BCUT2D eigenvalue weighted by Crippen LogP contribution is -2.55. The normalized spacial score (nSPS) is 11.6. The lowest BCUT2D eigenvalue weighted by molar-refractivity contribution is -0.133. The number of hydrogen-bond donors (Lipinski definition) is 2. The second kappa shape index (κ2) is 8.78. The van der Waals surface area contributed by atoms with Crippen molar-refractivity contribution in [2.45, 2.75) is 53.1 Å². The van der Waals surface area contributed by atoms with E-state index in [1.165, 1.54) is 0 Å². The molecule has 0 aliphatic rings. The van der Waals surface area contributed by atoms with E-state index in [1.54, 1.807) is 45.9 Å². The Bertz CT molecular complexity index is 616. The van der Waals surface area contributed by atoms with Gasteiger partial charge in [-0.25, -0.2) is 8.78 Å². The quantitative estimate of drug-likeness (QED) is 0.753. The first kappa shape index (κ1) is 20.9. The Morgan fingerprint density at radius 1 is 1.24 bits per heavy atom. The Morgan fingerprint density at radius 3 is 2.40 bits per heavy atom. The monoisotopic (exact) mass is 356 g/mol. The van der Waals surface area contributed by atoms with Crippen LogP contribution in [0.5, 0.6) is 5.75 Å². The van der Waals surface area contributed by atoms with Gasteiger partial charge in [0.1, 0.15) is 17.9 Å². The second-order valence-electron chi connectivity index (χ2n) is 6.74. The minimum Gasteiger partial charge on any atom is -0.488 e. The molecule has 0 saturated carbocycles. The molecule has 0 aliphatic heterocycles. The maximum absolute atomic E-state index is 12.3. The minimum absolute atomic E-state index is 0.197. The lowest BCUT2D eigenvalue weighted by atomic mass is 10.0. The fraction of sp³-hybridized carbons (Fsp3) is 0.556. The molecule has 0 aromatic heterocycles. The van der Waals surface area contributed by atoms with Crippen molar-refractivity contribution in [2.75, 3.05) is 6.61 Å². The third kappa shape index (κ3) is 6.68. The second-order valence-corrected chi connectivity index (χ2v) is 6.74. The van der Waals surface area contributed by atoms with Crippen LogP contribution in [-0.4, -0.2) is 30.4 Å². The van der Waals surface area contributed by atoms with Crippen LogP contribution in [0.1, 0.15) is 38.8 Å². The van der Waals surface area contributed by atoms with Crippen LogP contribution in [-0.2, 0) is 16.1 Å². The zero-order chi connectivity index (χ0) is 19.2. The predicted molar refractivity (Wildman–Crippen MR) is 91.6 cm³/mol. The number of alkyl halides is 2. The van der Waals surface area contributed by atoms with Crippen molar-refractivity contribution in [1.29, 1.82) is 0 Å². The Balaban J connectivity index is 2.65. The van der Waals surface area contributed by atoms with Crippen LogP contribution in [0.3, 0.4) is 0 Å². The minimum atomic E-state index is -2.53. The number of hydrogen-bond acceptors (Lipinski definition) is 3. The van der Waals surface area contributed by atoms with Crippen LogP contribution in [0, 0.1) is 12.8 Å². The summed E-state index contributed by atoms with van der Waals surface area (Å²) in [6.45, 7) is 8.20. The summed E-state index contributed by atoms with van der Waals surface area (Å²) in [6, 6.07) is 4.95. The number of rotatable bonds is 8. The Kier molecular flexibility index (Phi) is 7.33. The summed E-state index contributed by atoms with van der Waals surface area (Å²) < 4.78 is 29.3. The molecular formula is C18H26F2N2O3. The van der Waals surface area contributed by atoms with Crippen molar-refractivity contribution >= 4 is 11.8 Å². The van der Waals surface area contributed by atoms with Gasteiger partial charge in [-0.15, -0.1) is 0 Å². The summed E-state index contributed by atoms with van der Waals surface area (Å²) in [6.07, 6.45) is -2.53. The summed E-state index contributed by atoms with van der Waals surface area (Å²) in [7, 11) is 0. The van der Waals surface area contributed by atoms with E-state index in [1.807, 2.05) is 6.92 Å². The topological polar surface area (TPSA) is 67.4 Å². The van der Waals surface area contributed by atoms with Gasteiger partial charge in [0, 0.05) is 12.5 Å². The molecule has 0 fully saturated rings. The molecule has 1 aromatic carbocycles. The van der Waals surface area contributed by atoms with Crippen LogP contribution in [0.25, 0.3) is 0 Å². The number of amides is 2. The summed E-state index contributed by atoms with van der Waals surface area (Å²) in [5.74, 6) is -0.358. The van der Waals surface area contributed by atoms with E-state index in [9.17, 15) is 18.4 Å². The molecule has 140 valence electrons. The van der Waals surface area contributed by atoms with Crippen molar-refractivity contribution in [2.24, 2.45) is 5.92 Å². The molecule has 1 aromatic rings. The van der Waals surface area contributed by atoms with Crippen molar-refractivity contribution in [1.82, 2.24) is 10.6 Å². The van der Waals surface area contributed by atoms with Gasteiger partial charge < -0.3 is 15.4 Å². The molecule has 0 heterocycles. The molecule has 2 amide bonds. The number of nitrogens with one attached hydrogen (secondary N) is 2. The van der Waals surface area contributed by atoms with Crippen LogP contribution in [0.4, 0.5) is 8.78 Å². The third-order valence-electron chi connectivity index (χ3n) is 3.66. The first-order chi connectivity index (χ1) is 11.5. The molecule has 1 rings (SSSR count). The van der Waals surface area contributed by atoms with E-state index >= 15 is 0 Å². The number of aryl methyl sites for hydroxylation is 1. The average Bonchev–Trinajstić information content (AvgIpc) is 2.51. The highest BCUT2D eigenvalue weighted by atomic mass is 19.3. The van der Waals surface area contributed by atoms with Crippen molar-refractivity contribution < 1.29 is 23.1 Å². The first-order valence-corrected chi connectivity index (χ1v) is 8.13. The zero-order valence-electron chi connectivity index (χ0n) is 15.3. The number of benzene rings is 1. The fourth-order valence-electron chi connectivity index (χ4n) is 2.02.